The summed E-state index contributed by atoms with van der Waals surface area (Å²) < 4.78 is 6.47. The third kappa shape index (κ3) is 2.85. The van der Waals surface area contributed by atoms with Gasteiger partial charge in [0.25, 0.3) is 5.56 Å². The lowest BCUT2D eigenvalue weighted by Crippen LogP contribution is -2.39. The molecule has 0 unspecified atom stereocenters. The molecule has 0 N–H and O–H groups in total. The fourth-order valence-corrected chi connectivity index (χ4v) is 4.17. The molecule has 3 aromatic heterocycles. The molecule has 0 amide bonds. The van der Waals surface area contributed by atoms with Gasteiger partial charge >= 0.3 is 5.69 Å². The van der Waals surface area contributed by atoms with Gasteiger partial charge in [0.2, 0.25) is 5.78 Å². The Labute approximate surface area is 184 Å². The third-order valence-corrected chi connectivity index (χ3v) is 5.70. The summed E-state index contributed by atoms with van der Waals surface area (Å²) in [6.07, 6.45) is 1.92. The number of allylic oxidation sites excluding steroid dienone is 1. The molecule has 7 nitrogen and oxygen atoms in total. The Morgan fingerprint density at radius 1 is 1.03 bits per heavy atom. The van der Waals surface area contributed by atoms with E-state index in [1.54, 1.807) is 18.4 Å². The van der Waals surface area contributed by atoms with Crippen LogP contribution in [0.2, 0.25) is 0 Å². The molecule has 0 bridgehead atoms. The molecule has 0 saturated carbocycles. The average molecular weight is 425 g/mol. The molecule has 2 aromatic carbocycles. The molecule has 0 atom stereocenters. The number of imidazole rings is 2. The maximum absolute atomic E-state index is 13.4. The van der Waals surface area contributed by atoms with Crippen molar-refractivity contribution in [2.24, 2.45) is 7.05 Å². The van der Waals surface area contributed by atoms with Crippen LogP contribution in [-0.2, 0) is 13.6 Å². The summed E-state index contributed by atoms with van der Waals surface area (Å²) in [5, 5.41) is 0. The topological polar surface area (TPSA) is 66.2 Å². The summed E-state index contributed by atoms with van der Waals surface area (Å²) in [5.41, 5.74) is 4.62. The number of para-hydroxylation sites is 1. The van der Waals surface area contributed by atoms with Crippen LogP contribution in [0.15, 0.2) is 82.5 Å². The van der Waals surface area contributed by atoms with Gasteiger partial charge < -0.3 is 0 Å². The summed E-state index contributed by atoms with van der Waals surface area (Å²) in [4.78, 5) is 31.0. The van der Waals surface area contributed by atoms with Crippen LogP contribution in [-0.4, -0.2) is 23.1 Å². The number of aryl methyl sites for hydroxylation is 2. The van der Waals surface area contributed by atoms with E-state index < -0.39 is 5.69 Å². The first-order valence-corrected chi connectivity index (χ1v) is 10.4. The predicted molar refractivity (Wildman–Crippen MR) is 127 cm³/mol. The standard InChI is InChI=1S/C25H23N5O2/c1-16(2)14-29-23(31)21-22(27(4)25(29)32)26-24-28(21)15-20(18-11-6-5-7-12-18)30(24)19-13-9-8-10-17(19)3/h5-13,15H,1,14H2,2-4H3. The lowest BCUT2D eigenvalue weighted by atomic mass is 10.1. The highest BCUT2D eigenvalue weighted by Crippen LogP contribution is 2.30. The van der Waals surface area contributed by atoms with E-state index in [-0.39, 0.29) is 12.1 Å². The second-order valence-electron chi connectivity index (χ2n) is 8.15. The zero-order chi connectivity index (χ0) is 22.6. The van der Waals surface area contributed by atoms with Crippen LogP contribution in [0, 0.1) is 6.92 Å². The molecule has 3 heterocycles. The van der Waals surface area contributed by atoms with Gasteiger partial charge in [-0.3, -0.25) is 22.9 Å². The van der Waals surface area contributed by atoms with Gasteiger partial charge in [0.15, 0.2) is 11.2 Å². The monoisotopic (exact) mass is 425 g/mol. The van der Waals surface area contributed by atoms with Gasteiger partial charge in [-0.15, -0.1) is 0 Å². The van der Waals surface area contributed by atoms with Gasteiger partial charge in [-0.2, -0.15) is 4.98 Å². The van der Waals surface area contributed by atoms with E-state index in [0.29, 0.717) is 16.9 Å². The molecule has 0 spiro atoms. The van der Waals surface area contributed by atoms with Crippen molar-refractivity contribution < 1.29 is 0 Å². The largest absolute Gasteiger partial charge is 0.332 e. The highest BCUT2D eigenvalue weighted by atomic mass is 16.2. The molecule has 0 aliphatic carbocycles. The summed E-state index contributed by atoms with van der Waals surface area (Å²) >= 11 is 0. The molecule has 5 rings (SSSR count). The Morgan fingerprint density at radius 3 is 2.41 bits per heavy atom. The smallest absolute Gasteiger partial charge is 0.279 e. The number of aromatic nitrogens is 5. The highest BCUT2D eigenvalue weighted by Gasteiger charge is 2.22. The van der Waals surface area contributed by atoms with Gasteiger partial charge in [-0.1, -0.05) is 60.7 Å². The number of hydrogen-bond acceptors (Lipinski definition) is 3. The Bertz CT molecular complexity index is 1630. The van der Waals surface area contributed by atoms with Gasteiger partial charge in [-0.05, 0) is 25.5 Å². The molecule has 0 fully saturated rings. The minimum atomic E-state index is -0.406. The van der Waals surface area contributed by atoms with Gasteiger partial charge in [0.1, 0.15) is 0 Å². The summed E-state index contributed by atoms with van der Waals surface area (Å²) in [5.74, 6) is 0.577. The molecule has 32 heavy (non-hydrogen) atoms. The zero-order valence-electron chi connectivity index (χ0n) is 18.2. The fourth-order valence-electron chi connectivity index (χ4n) is 4.17. The van der Waals surface area contributed by atoms with Gasteiger partial charge in [-0.25, -0.2) is 4.79 Å². The Hall–Kier alpha value is -4.13. The molecule has 0 radical (unpaired) electrons. The first-order chi connectivity index (χ1) is 15.4. The molecule has 0 aliphatic heterocycles. The Morgan fingerprint density at radius 2 is 1.72 bits per heavy atom. The first-order valence-electron chi connectivity index (χ1n) is 10.4. The third-order valence-electron chi connectivity index (χ3n) is 5.70. The Balaban J connectivity index is 1.96. The van der Waals surface area contributed by atoms with E-state index in [1.165, 1.54) is 9.13 Å². The van der Waals surface area contributed by atoms with Crippen molar-refractivity contribution in [3.05, 3.63) is 99.3 Å². The van der Waals surface area contributed by atoms with E-state index in [9.17, 15) is 9.59 Å². The minimum absolute atomic E-state index is 0.165. The van der Waals surface area contributed by atoms with E-state index >= 15 is 0 Å². The molecule has 0 aliphatic rings. The Kier molecular flexibility index (Phi) is 4.48. The minimum Gasteiger partial charge on any atom is -0.279 e. The van der Waals surface area contributed by atoms with Crippen LogP contribution in [0.4, 0.5) is 0 Å². The van der Waals surface area contributed by atoms with Crippen molar-refractivity contribution in [3.8, 4) is 16.9 Å². The van der Waals surface area contributed by atoms with E-state index in [2.05, 4.69) is 6.58 Å². The molecular weight excluding hydrogens is 402 g/mol. The van der Waals surface area contributed by atoms with Crippen molar-refractivity contribution in [3.63, 3.8) is 0 Å². The highest BCUT2D eigenvalue weighted by molar-refractivity contribution is 5.79. The van der Waals surface area contributed by atoms with Crippen molar-refractivity contribution in [1.82, 2.24) is 23.1 Å². The molecule has 0 saturated heterocycles. The lowest BCUT2D eigenvalue weighted by molar-refractivity contribution is 0.651. The van der Waals surface area contributed by atoms with Crippen molar-refractivity contribution in [1.29, 1.82) is 0 Å². The van der Waals surface area contributed by atoms with Crippen LogP contribution in [0.5, 0.6) is 0 Å². The van der Waals surface area contributed by atoms with E-state index in [0.717, 1.165) is 28.1 Å². The molecule has 7 heteroatoms. The zero-order valence-corrected chi connectivity index (χ0v) is 18.2. The fraction of sp³-hybridized carbons (Fsp3) is 0.160. The lowest BCUT2D eigenvalue weighted by Gasteiger charge is -2.11. The van der Waals surface area contributed by atoms with Crippen LogP contribution in [0.1, 0.15) is 12.5 Å². The molecule has 160 valence electrons. The quantitative estimate of drug-likeness (QED) is 0.413. The summed E-state index contributed by atoms with van der Waals surface area (Å²) in [6, 6.07) is 18.0. The second kappa shape index (κ2) is 7.23. The summed E-state index contributed by atoms with van der Waals surface area (Å²) in [7, 11) is 1.64. The molecular formula is C25H23N5O2. The number of hydrogen-bond donors (Lipinski definition) is 0. The first kappa shape index (κ1) is 19.8. The second-order valence-corrected chi connectivity index (χ2v) is 8.15. The van der Waals surface area contributed by atoms with Crippen LogP contribution in [0.3, 0.4) is 0 Å². The van der Waals surface area contributed by atoms with E-state index in [1.807, 2.05) is 72.3 Å². The van der Waals surface area contributed by atoms with E-state index in [4.69, 9.17) is 4.98 Å². The maximum atomic E-state index is 13.4. The normalized spacial score (nSPS) is 11.5. The van der Waals surface area contributed by atoms with Gasteiger partial charge in [0, 0.05) is 18.8 Å². The number of nitrogens with zero attached hydrogens (tertiary/aromatic N) is 5. The SMILES string of the molecule is C=C(C)Cn1c(=O)c2c(nc3n(-c4ccccc4C)c(-c4ccccc4)cn23)n(C)c1=O. The van der Waals surface area contributed by atoms with Crippen LogP contribution >= 0.6 is 0 Å². The number of fused-ring (bicyclic) bond motifs is 3. The average Bonchev–Trinajstić information content (AvgIpc) is 3.32. The van der Waals surface area contributed by atoms with Gasteiger partial charge in [0.05, 0.1) is 17.9 Å². The van der Waals surface area contributed by atoms with Crippen LogP contribution < -0.4 is 11.2 Å². The van der Waals surface area contributed by atoms with Crippen molar-refractivity contribution in [2.45, 2.75) is 20.4 Å². The number of benzene rings is 2. The van der Waals surface area contributed by atoms with Crippen molar-refractivity contribution in [2.75, 3.05) is 0 Å². The maximum Gasteiger partial charge on any atom is 0.332 e. The van der Waals surface area contributed by atoms with Crippen molar-refractivity contribution >= 4 is 16.9 Å². The summed E-state index contributed by atoms with van der Waals surface area (Å²) in [6.45, 7) is 7.87. The number of rotatable bonds is 4. The molecule has 5 aromatic rings. The van der Waals surface area contributed by atoms with Crippen LogP contribution in [0.25, 0.3) is 33.9 Å². The predicted octanol–water partition coefficient (Wildman–Crippen LogP) is 3.69.